The lowest BCUT2D eigenvalue weighted by atomic mass is 10.2. The molecular formula is C8H7F3N2O4. The van der Waals surface area contributed by atoms with Gasteiger partial charge in [-0.2, -0.15) is 0 Å². The molecule has 0 N–H and O–H groups in total. The number of aryl methyl sites for hydroxylation is 1. The Bertz CT molecular complexity index is 447. The molecule has 1 rings (SSSR count). The maximum Gasteiger partial charge on any atom is 0.574 e. The van der Waals surface area contributed by atoms with E-state index < -0.39 is 22.9 Å². The first-order chi connectivity index (χ1) is 7.76. The van der Waals surface area contributed by atoms with E-state index in [0.717, 1.165) is 13.3 Å². The van der Waals surface area contributed by atoms with Crippen molar-refractivity contribution in [3.63, 3.8) is 0 Å². The Labute approximate surface area is 93.1 Å². The summed E-state index contributed by atoms with van der Waals surface area (Å²) in [7, 11) is 1.10. The van der Waals surface area contributed by atoms with Gasteiger partial charge in [0.1, 0.15) is 0 Å². The van der Waals surface area contributed by atoms with Crippen LogP contribution in [-0.4, -0.2) is 23.4 Å². The highest BCUT2D eigenvalue weighted by molar-refractivity contribution is 5.57. The van der Waals surface area contributed by atoms with Gasteiger partial charge in [-0.05, 0) is 6.92 Å². The Hall–Kier alpha value is -2.06. The van der Waals surface area contributed by atoms with Crippen molar-refractivity contribution in [1.82, 2.24) is 4.98 Å². The summed E-state index contributed by atoms with van der Waals surface area (Å²) in [5, 5.41) is 10.7. The molecule has 0 aromatic carbocycles. The van der Waals surface area contributed by atoms with E-state index in [9.17, 15) is 23.3 Å². The van der Waals surface area contributed by atoms with Crippen molar-refractivity contribution < 1.29 is 27.6 Å². The molecule has 1 aromatic heterocycles. The summed E-state index contributed by atoms with van der Waals surface area (Å²) in [5.41, 5.74) is -0.724. The Kier molecular flexibility index (Phi) is 3.39. The Morgan fingerprint density at radius 1 is 1.47 bits per heavy atom. The second-order valence-corrected chi connectivity index (χ2v) is 2.93. The SMILES string of the molecule is COc1c(C)cnc(OC(F)(F)F)c1[N+](=O)[O-]. The Balaban J connectivity index is 3.36. The molecule has 1 heterocycles. The second kappa shape index (κ2) is 4.44. The van der Waals surface area contributed by atoms with E-state index in [0.29, 0.717) is 0 Å². The van der Waals surface area contributed by atoms with Crippen molar-refractivity contribution >= 4 is 5.69 Å². The average Bonchev–Trinajstić information content (AvgIpc) is 2.17. The fraction of sp³-hybridized carbons (Fsp3) is 0.375. The molecule has 0 aliphatic rings. The number of methoxy groups -OCH3 is 1. The molecule has 0 amide bonds. The van der Waals surface area contributed by atoms with Crippen LogP contribution in [-0.2, 0) is 0 Å². The summed E-state index contributed by atoms with van der Waals surface area (Å²) in [4.78, 5) is 12.9. The van der Waals surface area contributed by atoms with Crippen LogP contribution in [0.15, 0.2) is 6.20 Å². The highest BCUT2D eigenvalue weighted by Crippen LogP contribution is 2.39. The van der Waals surface area contributed by atoms with E-state index >= 15 is 0 Å². The minimum absolute atomic E-state index is 0.230. The highest BCUT2D eigenvalue weighted by Gasteiger charge is 2.37. The summed E-state index contributed by atoms with van der Waals surface area (Å²) in [5.74, 6) is -1.46. The van der Waals surface area contributed by atoms with Crippen LogP contribution in [0.5, 0.6) is 11.6 Å². The van der Waals surface area contributed by atoms with Gasteiger partial charge in [0.2, 0.25) is 5.75 Å². The first kappa shape index (κ1) is 13.0. The van der Waals surface area contributed by atoms with Gasteiger partial charge in [-0.1, -0.05) is 0 Å². The number of nitro groups is 1. The normalized spacial score (nSPS) is 11.1. The molecule has 0 unspecified atom stereocenters. The lowest BCUT2D eigenvalue weighted by molar-refractivity contribution is -0.390. The third-order valence-corrected chi connectivity index (χ3v) is 1.75. The topological polar surface area (TPSA) is 74.5 Å². The summed E-state index contributed by atoms with van der Waals surface area (Å²) in [6.07, 6.45) is -4.06. The average molecular weight is 252 g/mol. The number of alkyl halides is 3. The van der Waals surface area contributed by atoms with Crippen molar-refractivity contribution in [1.29, 1.82) is 0 Å². The largest absolute Gasteiger partial charge is 0.574 e. The molecule has 0 spiro atoms. The lowest BCUT2D eigenvalue weighted by Crippen LogP contribution is -2.19. The van der Waals surface area contributed by atoms with Gasteiger partial charge in [0.05, 0.1) is 12.0 Å². The van der Waals surface area contributed by atoms with E-state index in [-0.39, 0.29) is 11.3 Å². The standard InChI is InChI=1S/C8H7F3N2O4/c1-4-3-12-7(17-8(9,10)11)5(13(14)15)6(4)16-2/h3H,1-2H3. The van der Waals surface area contributed by atoms with E-state index in [1.54, 1.807) is 0 Å². The molecule has 0 bridgehead atoms. The van der Waals surface area contributed by atoms with Crippen molar-refractivity contribution in [3.8, 4) is 11.6 Å². The molecule has 94 valence electrons. The number of pyridine rings is 1. The highest BCUT2D eigenvalue weighted by atomic mass is 19.4. The molecule has 0 atom stereocenters. The fourth-order valence-electron chi connectivity index (χ4n) is 1.16. The van der Waals surface area contributed by atoms with Gasteiger partial charge in [-0.15, -0.1) is 13.2 Å². The Morgan fingerprint density at radius 3 is 2.47 bits per heavy atom. The Morgan fingerprint density at radius 2 is 2.06 bits per heavy atom. The van der Waals surface area contributed by atoms with Crippen LogP contribution in [0.1, 0.15) is 5.56 Å². The van der Waals surface area contributed by atoms with Crippen molar-refractivity contribution in [3.05, 3.63) is 21.9 Å². The maximum atomic E-state index is 12.0. The number of nitrogens with zero attached hydrogens (tertiary/aromatic N) is 2. The lowest BCUT2D eigenvalue weighted by Gasteiger charge is -2.11. The van der Waals surface area contributed by atoms with Crippen LogP contribution in [0.25, 0.3) is 0 Å². The zero-order valence-corrected chi connectivity index (χ0v) is 8.74. The van der Waals surface area contributed by atoms with Crippen LogP contribution < -0.4 is 9.47 Å². The van der Waals surface area contributed by atoms with Crippen LogP contribution >= 0.6 is 0 Å². The van der Waals surface area contributed by atoms with Crippen LogP contribution in [0.2, 0.25) is 0 Å². The molecular weight excluding hydrogens is 245 g/mol. The van der Waals surface area contributed by atoms with Crippen LogP contribution in [0.3, 0.4) is 0 Å². The van der Waals surface area contributed by atoms with Gasteiger partial charge in [0.15, 0.2) is 0 Å². The smallest absolute Gasteiger partial charge is 0.490 e. The molecule has 17 heavy (non-hydrogen) atoms. The number of aromatic nitrogens is 1. The van der Waals surface area contributed by atoms with Crippen molar-refractivity contribution in [2.75, 3.05) is 7.11 Å². The maximum absolute atomic E-state index is 12.0. The van der Waals surface area contributed by atoms with Gasteiger partial charge in [0, 0.05) is 11.8 Å². The van der Waals surface area contributed by atoms with Crippen LogP contribution in [0.4, 0.5) is 18.9 Å². The van der Waals surface area contributed by atoms with Gasteiger partial charge in [0.25, 0.3) is 0 Å². The van der Waals surface area contributed by atoms with Gasteiger partial charge >= 0.3 is 17.9 Å². The summed E-state index contributed by atoms with van der Waals surface area (Å²) in [6, 6.07) is 0. The summed E-state index contributed by atoms with van der Waals surface area (Å²) in [6.45, 7) is 1.41. The number of hydrogen-bond acceptors (Lipinski definition) is 5. The quantitative estimate of drug-likeness (QED) is 0.609. The molecule has 9 heteroatoms. The number of rotatable bonds is 3. The third-order valence-electron chi connectivity index (χ3n) is 1.75. The number of ether oxygens (including phenoxy) is 2. The summed E-state index contributed by atoms with van der Waals surface area (Å²) >= 11 is 0. The van der Waals surface area contributed by atoms with Gasteiger partial charge in [-0.3, -0.25) is 10.1 Å². The van der Waals surface area contributed by atoms with Crippen molar-refractivity contribution in [2.45, 2.75) is 13.3 Å². The molecule has 1 aromatic rings. The molecule has 0 saturated heterocycles. The minimum Gasteiger partial charge on any atom is -0.490 e. The predicted molar refractivity (Wildman–Crippen MR) is 48.9 cm³/mol. The molecule has 6 nitrogen and oxygen atoms in total. The van der Waals surface area contributed by atoms with E-state index in [1.165, 1.54) is 6.92 Å². The first-order valence-corrected chi connectivity index (χ1v) is 4.20. The van der Waals surface area contributed by atoms with Gasteiger partial charge < -0.3 is 9.47 Å². The monoisotopic (exact) mass is 252 g/mol. The van der Waals surface area contributed by atoms with Crippen LogP contribution in [0, 0.1) is 17.0 Å². The predicted octanol–water partition coefficient (Wildman–Crippen LogP) is 2.21. The van der Waals surface area contributed by atoms with Crippen molar-refractivity contribution in [2.24, 2.45) is 0 Å². The zero-order chi connectivity index (χ0) is 13.2. The van der Waals surface area contributed by atoms with E-state index in [1.807, 2.05) is 0 Å². The second-order valence-electron chi connectivity index (χ2n) is 2.93. The zero-order valence-electron chi connectivity index (χ0n) is 8.74. The molecule has 0 saturated carbocycles. The summed E-state index contributed by atoms with van der Waals surface area (Å²) < 4.78 is 44.1. The first-order valence-electron chi connectivity index (χ1n) is 4.20. The number of halogens is 3. The van der Waals surface area contributed by atoms with E-state index in [4.69, 9.17) is 0 Å². The fourth-order valence-corrected chi connectivity index (χ4v) is 1.16. The van der Waals surface area contributed by atoms with Gasteiger partial charge in [-0.25, -0.2) is 4.98 Å². The minimum atomic E-state index is -5.06. The molecule has 0 aliphatic carbocycles. The molecule has 0 fully saturated rings. The van der Waals surface area contributed by atoms with E-state index in [2.05, 4.69) is 14.5 Å². The number of hydrogen-bond donors (Lipinski definition) is 0. The molecule has 0 radical (unpaired) electrons. The molecule has 0 aliphatic heterocycles. The third kappa shape index (κ3) is 2.95.